The molecule has 0 heterocycles. The number of rotatable bonds is 8. The molecule has 0 fully saturated rings. The average molecular weight is 263 g/mol. The molecule has 0 saturated carbocycles. The molecular formula is C16H22O3. The Morgan fingerprint density at radius 2 is 2.21 bits per heavy atom. The van der Waals surface area contributed by atoms with Crippen molar-refractivity contribution in [3.05, 3.63) is 48.5 Å². The van der Waals surface area contributed by atoms with Crippen LogP contribution in [0.4, 0.5) is 0 Å². The van der Waals surface area contributed by atoms with Gasteiger partial charge in [-0.05, 0) is 31.7 Å². The molecule has 0 spiro atoms. The number of carbonyl (C=O) groups excluding carboxylic acids is 1. The summed E-state index contributed by atoms with van der Waals surface area (Å²) in [7, 11) is 0. The third kappa shape index (κ3) is 6.77. The van der Waals surface area contributed by atoms with Crippen molar-refractivity contribution in [2.45, 2.75) is 45.5 Å². The summed E-state index contributed by atoms with van der Waals surface area (Å²) in [6.07, 6.45) is 3.47. The highest BCUT2D eigenvalue weighted by Gasteiger charge is 2.14. The Kier molecular flexibility index (Phi) is 6.17. The van der Waals surface area contributed by atoms with E-state index in [1.54, 1.807) is 13.0 Å². The number of carbonyl (C=O) groups is 1. The van der Waals surface area contributed by atoms with Crippen molar-refractivity contribution in [2.24, 2.45) is 0 Å². The predicted octanol–water partition coefficient (Wildman–Crippen LogP) is 3.49. The van der Waals surface area contributed by atoms with Gasteiger partial charge in [-0.3, -0.25) is 4.79 Å². The largest absolute Gasteiger partial charge is 0.436 e. The Morgan fingerprint density at radius 1 is 1.47 bits per heavy atom. The number of ether oxygens (including phenoxy) is 2. The zero-order valence-electron chi connectivity index (χ0n) is 12.5. The van der Waals surface area contributed by atoms with Gasteiger partial charge in [-0.1, -0.05) is 36.4 Å². The van der Waals surface area contributed by atoms with Crippen molar-refractivity contribution in [1.29, 1.82) is 0 Å². The first-order valence-electron chi connectivity index (χ1n) is 7.09. The van der Waals surface area contributed by atoms with E-state index < -0.39 is 6.29 Å². The molecule has 0 aliphatic heterocycles. The van der Waals surface area contributed by atoms with E-state index >= 15 is 0 Å². The number of benzene rings is 1. The van der Waals surface area contributed by atoms with Crippen LogP contribution in [0.3, 0.4) is 0 Å². The van der Waals surface area contributed by atoms with Crippen LogP contribution >= 0.6 is 0 Å². The molecule has 0 N–H and O–H groups in total. The van der Waals surface area contributed by atoms with Crippen LogP contribution in [0.15, 0.2) is 43.0 Å². The van der Waals surface area contributed by atoms with E-state index in [4.69, 9.17) is 10.8 Å². The van der Waals surface area contributed by atoms with Crippen molar-refractivity contribution in [3.63, 3.8) is 0 Å². The Bertz CT molecular complexity index is 417. The minimum absolute atomic E-state index is 0.0637. The Balaban J connectivity index is 2.48. The Morgan fingerprint density at radius 3 is 2.84 bits per heavy atom. The summed E-state index contributed by atoms with van der Waals surface area (Å²) in [5, 5.41) is 0. The van der Waals surface area contributed by atoms with Gasteiger partial charge in [0.25, 0.3) is 0 Å². The fourth-order valence-electron chi connectivity index (χ4n) is 1.90. The van der Waals surface area contributed by atoms with E-state index in [0.29, 0.717) is 6.42 Å². The van der Waals surface area contributed by atoms with Crippen molar-refractivity contribution in [2.75, 3.05) is 0 Å². The molecule has 2 atom stereocenters. The maximum Gasteiger partial charge on any atom is 0.304 e. The van der Waals surface area contributed by atoms with Crippen molar-refractivity contribution in [1.82, 2.24) is 0 Å². The number of esters is 1. The van der Waals surface area contributed by atoms with Gasteiger partial charge in [0, 0.05) is 6.92 Å². The maximum atomic E-state index is 10.9. The van der Waals surface area contributed by atoms with E-state index in [9.17, 15) is 4.79 Å². The van der Waals surface area contributed by atoms with Crippen LogP contribution in [0.25, 0.3) is 0 Å². The molecule has 3 heteroatoms. The van der Waals surface area contributed by atoms with Gasteiger partial charge in [0.1, 0.15) is 0 Å². The molecule has 0 aliphatic rings. The highest BCUT2D eigenvalue weighted by atomic mass is 16.7. The molecule has 0 aromatic heterocycles. The van der Waals surface area contributed by atoms with Gasteiger partial charge in [0.2, 0.25) is 0 Å². The van der Waals surface area contributed by atoms with Gasteiger partial charge in [-0.25, -0.2) is 0 Å². The second kappa shape index (κ2) is 8.48. The second-order valence-electron chi connectivity index (χ2n) is 4.43. The standard InChI is InChI=1S/C16H22O3/c1-4-8-16(19-14(3)18-13(2)17)12-11-15-9-6-5-7-10-15/h4-7,9-10,14,16H,1,8,11-12H2,2-3H3/t14?,16-/m1/s1/i1D. The first-order valence-corrected chi connectivity index (χ1v) is 6.52. The van der Waals surface area contributed by atoms with E-state index in [-0.39, 0.29) is 12.1 Å². The number of hydrogen-bond donors (Lipinski definition) is 0. The third-order valence-corrected chi connectivity index (χ3v) is 2.71. The summed E-state index contributed by atoms with van der Waals surface area (Å²) in [5.41, 5.74) is 1.25. The van der Waals surface area contributed by atoms with Crippen molar-refractivity contribution >= 4 is 5.97 Å². The molecule has 0 radical (unpaired) electrons. The summed E-state index contributed by atoms with van der Waals surface area (Å²) >= 11 is 0. The first kappa shape index (κ1) is 13.8. The molecule has 1 aromatic rings. The van der Waals surface area contributed by atoms with E-state index in [0.717, 1.165) is 12.8 Å². The quantitative estimate of drug-likeness (QED) is 0.409. The topological polar surface area (TPSA) is 35.5 Å². The summed E-state index contributed by atoms with van der Waals surface area (Å²) in [6, 6.07) is 10.2. The monoisotopic (exact) mass is 263 g/mol. The van der Waals surface area contributed by atoms with Crippen LogP contribution in [0.5, 0.6) is 0 Å². The van der Waals surface area contributed by atoms with Crippen molar-refractivity contribution < 1.29 is 15.6 Å². The van der Waals surface area contributed by atoms with Gasteiger partial charge in [0.05, 0.1) is 7.47 Å². The highest BCUT2D eigenvalue weighted by molar-refractivity contribution is 5.65. The van der Waals surface area contributed by atoms with E-state index in [2.05, 4.69) is 12.1 Å². The molecule has 0 bridgehead atoms. The molecule has 19 heavy (non-hydrogen) atoms. The molecule has 1 rings (SSSR count). The molecular weight excluding hydrogens is 240 g/mol. The molecule has 1 aromatic carbocycles. The lowest BCUT2D eigenvalue weighted by molar-refractivity contribution is -0.182. The summed E-state index contributed by atoms with van der Waals surface area (Å²) in [4.78, 5) is 10.9. The lowest BCUT2D eigenvalue weighted by Gasteiger charge is -2.21. The van der Waals surface area contributed by atoms with Crippen LogP contribution in [0.2, 0.25) is 0 Å². The third-order valence-electron chi connectivity index (χ3n) is 2.71. The molecule has 1 unspecified atom stereocenters. The average Bonchev–Trinajstić information content (AvgIpc) is 2.42. The van der Waals surface area contributed by atoms with Crippen LogP contribution in [-0.2, 0) is 20.7 Å². The molecule has 0 amide bonds. The van der Waals surface area contributed by atoms with Gasteiger partial charge in [-0.15, -0.1) is 6.55 Å². The summed E-state index contributed by atoms with van der Waals surface area (Å²) in [5.74, 6) is -0.352. The molecule has 104 valence electrons. The van der Waals surface area contributed by atoms with E-state index in [1.165, 1.54) is 19.0 Å². The first-order chi connectivity index (χ1) is 9.61. The predicted molar refractivity (Wildman–Crippen MR) is 75.7 cm³/mol. The Labute approximate surface area is 116 Å². The van der Waals surface area contributed by atoms with Gasteiger partial charge < -0.3 is 9.47 Å². The fraction of sp³-hybridized carbons (Fsp3) is 0.438. The SMILES string of the molecule is [2H]C=CC[C@H](CCc1ccccc1)OC(C)OC(C)=O. The highest BCUT2D eigenvalue weighted by Crippen LogP contribution is 2.13. The van der Waals surface area contributed by atoms with Crippen LogP contribution in [-0.4, -0.2) is 18.4 Å². The van der Waals surface area contributed by atoms with Crippen LogP contribution in [0.1, 0.15) is 33.6 Å². The summed E-state index contributed by atoms with van der Waals surface area (Å²) in [6.45, 7) is 4.33. The van der Waals surface area contributed by atoms with Gasteiger partial charge in [0.15, 0.2) is 6.29 Å². The smallest absolute Gasteiger partial charge is 0.304 e. The second-order valence-corrected chi connectivity index (χ2v) is 4.43. The van der Waals surface area contributed by atoms with Crippen LogP contribution in [0, 0.1) is 0 Å². The zero-order chi connectivity index (χ0) is 14.8. The maximum absolute atomic E-state index is 10.9. The minimum Gasteiger partial charge on any atom is -0.436 e. The van der Waals surface area contributed by atoms with Crippen LogP contribution < -0.4 is 0 Å². The lowest BCUT2D eigenvalue weighted by atomic mass is 10.1. The van der Waals surface area contributed by atoms with Crippen molar-refractivity contribution in [3.8, 4) is 0 Å². The zero-order valence-corrected chi connectivity index (χ0v) is 11.5. The molecule has 0 aliphatic carbocycles. The van der Waals surface area contributed by atoms with E-state index in [1.807, 2.05) is 18.2 Å². The fourth-order valence-corrected chi connectivity index (χ4v) is 1.90. The number of aryl methyl sites for hydroxylation is 1. The Hall–Kier alpha value is -1.61. The number of hydrogen-bond acceptors (Lipinski definition) is 3. The normalized spacial score (nSPS) is 14.9. The summed E-state index contributed by atoms with van der Waals surface area (Å²) < 4.78 is 17.8. The van der Waals surface area contributed by atoms with Gasteiger partial charge >= 0.3 is 5.97 Å². The minimum atomic E-state index is -0.563. The lowest BCUT2D eigenvalue weighted by Crippen LogP contribution is -2.24. The molecule has 0 saturated heterocycles. The molecule has 3 nitrogen and oxygen atoms in total. The van der Waals surface area contributed by atoms with Gasteiger partial charge in [-0.2, -0.15) is 0 Å².